The minimum atomic E-state index is 0.0256. The highest BCUT2D eigenvalue weighted by atomic mass is 16.3. The zero-order valence-corrected chi connectivity index (χ0v) is 22.2. The molecule has 2 aromatic carbocycles. The Morgan fingerprint density at radius 1 is 0.865 bits per heavy atom. The van der Waals surface area contributed by atoms with Gasteiger partial charge in [-0.05, 0) is 42.5 Å². The van der Waals surface area contributed by atoms with Crippen LogP contribution in [0.5, 0.6) is 0 Å². The van der Waals surface area contributed by atoms with Crippen molar-refractivity contribution < 1.29 is 14.0 Å². The van der Waals surface area contributed by atoms with E-state index in [1.807, 2.05) is 58.3 Å². The Bertz CT molecular complexity index is 1160. The number of benzene rings is 2. The SMILES string of the molecule is CC(C)CC(=O)N1CCCCCCCCN(C(=O)Cc2coc(-c3ccccc3)n2)Cc2ccccc21. The van der Waals surface area contributed by atoms with Gasteiger partial charge in [0.25, 0.3) is 0 Å². The summed E-state index contributed by atoms with van der Waals surface area (Å²) in [4.78, 5) is 35.2. The summed E-state index contributed by atoms with van der Waals surface area (Å²) >= 11 is 0. The molecule has 0 saturated heterocycles. The van der Waals surface area contributed by atoms with E-state index in [2.05, 4.69) is 24.9 Å². The van der Waals surface area contributed by atoms with Crippen molar-refractivity contribution in [1.29, 1.82) is 0 Å². The van der Waals surface area contributed by atoms with E-state index in [0.717, 1.165) is 61.9 Å². The van der Waals surface area contributed by atoms with Gasteiger partial charge in [0.05, 0.1) is 12.1 Å². The molecule has 0 N–H and O–H groups in total. The molecule has 0 radical (unpaired) electrons. The number of amides is 2. The fourth-order valence-corrected chi connectivity index (χ4v) is 4.89. The van der Waals surface area contributed by atoms with Crippen LogP contribution in [0.25, 0.3) is 11.5 Å². The standard InChI is InChI=1S/C31H39N3O3/c1-24(2)20-30(36)34-19-13-6-4-3-5-12-18-33(22-26-16-10-11-17-28(26)34)29(35)21-27-23-37-31(32-27)25-14-8-7-9-15-25/h7-11,14-17,23-24H,3-6,12-13,18-22H2,1-2H3. The molecule has 3 aromatic rings. The Hall–Kier alpha value is -3.41. The van der Waals surface area contributed by atoms with E-state index in [1.165, 1.54) is 0 Å². The second-order valence-electron chi connectivity index (χ2n) is 10.4. The van der Waals surface area contributed by atoms with Crippen LogP contribution in [0.15, 0.2) is 65.3 Å². The number of aromatic nitrogens is 1. The lowest BCUT2D eigenvalue weighted by atomic mass is 10.1. The minimum absolute atomic E-state index is 0.0256. The monoisotopic (exact) mass is 501 g/mol. The van der Waals surface area contributed by atoms with Crippen LogP contribution in [-0.2, 0) is 22.6 Å². The lowest BCUT2D eigenvalue weighted by molar-refractivity contribution is -0.131. The van der Waals surface area contributed by atoms with Gasteiger partial charge in [0.2, 0.25) is 17.7 Å². The predicted octanol–water partition coefficient (Wildman–Crippen LogP) is 6.65. The highest BCUT2D eigenvalue weighted by molar-refractivity contribution is 5.94. The average molecular weight is 502 g/mol. The first-order valence-electron chi connectivity index (χ1n) is 13.7. The minimum Gasteiger partial charge on any atom is -0.444 e. The molecule has 0 spiro atoms. The third-order valence-electron chi connectivity index (χ3n) is 6.84. The van der Waals surface area contributed by atoms with Gasteiger partial charge in [-0.3, -0.25) is 9.59 Å². The lowest BCUT2D eigenvalue weighted by Gasteiger charge is -2.29. The first-order valence-corrected chi connectivity index (χ1v) is 13.7. The van der Waals surface area contributed by atoms with Crippen molar-refractivity contribution >= 4 is 17.5 Å². The number of anilines is 1. The zero-order chi connectivity index (χ0) is 26.0. The molecule has 0 unspecified atom stereocenters. The Morgan fingerprint density at radius 3 is 2.30 bits per heavy atom. The first-order chi connectivity index (χ1) is 18.0. The molecule has 37 heavy (non-hydrogen) atoms. The summed E-state index contributed by atoms with van der Waals surface area (Å²) in [5.41, 5.74) is 3.47. The molecule has 0 atom stereocenters. The molecule has 2 amide bonds. The van der Waals surface area contributed by atoms with Crippen molar-refractivity contribution in [1.82, 2.24) is 9.88 Å². The van der Waals surface area contributed by atoms with E-state index in [1.54, 1.807) is 6.26 Å². The van der Waals surface area contributed by atoms with Gasteiger partial charge in [-0.15, -0.1) is 0 Å². The van der Waals surface area contributed by atoms with Crippen molar-refractivity contribution in [2.45, 2.75) is 71.8 Å². The van der Waals surface area contributed by atoms with Gasteiger partial charge in [-0.1, -0.05) is 75.9 Å². The van der Waals surface area contributed by atoms with Gasteiger partial charge in [0.15, 0.2) is 0 Å². The number of rotatable bonds is 5. The number of carbonyl (C=O) groups is 2. The van der Waals surface area contributed by atoms with Gasteiger partial charge in [-0.2, -0.15) is 0 Å². The highest BCUT2D eigenvalue weighted by Crippen LogP contribution is 2.26. The number of carbonyl (C=O) groups excluding carboxylic acids is 2. The van der Waals surface area contributed by atoms with E-state index >= 15 is 0 Å². The molecule has 0 bridgehead atoms. The van der Waals surface area contributed by atoms with Crippen LogP contribution < -0.4 is 4.90 Å². The van der Waals surface area contributed by atoms with Crippen LogP contribution in [0.1, 0.15) is 70.1 Å². The lowest BCUT2D eigenvalue weighted by Crippen LogP contribution is -2.36. The summed E-state index contributed by atoms with van der Waals surface area (Å²) in [6.07, 6.45) is 8.79. The van der Waals surface area contributed by atoms with E-state index < -0.39 is 0 Å². The van der Waals surface area contributed by atoms with Crippen LogP contribution in [0.2, 0.25) is 0 Å². The number of nitrogens with zero attached hydrogens (tertiary/aromatic N) is 3. The van der Waals surface area contributed by atoms with Gasteiger partial charge in [0.1, 0.15) is 6.26 Å². The molecule has 6 nitrogen and oxygen atoms in total. The predicted molar refractivity (Wildman–Crippen MR) is 147 cm³/mol. The number of para-hydroxylation sites is 1. The van der Waals surface area contributed by atoms with Gasteiger partial charge >= 0.3 is 0 Å². The van der Waals surface area contributed by atoms with Gasteiger partial charge < -0.3 is 14.2 Å². The molecule has 1 aromatic heterocycles. The van der Waals surface area contributed by atoms with Gasteiger partial charge in [0, 0.05) is 37.3 Å². The fraction of sp³-hybridized carbons (Fsp3) is 0.452. The van der Waals surface area contributed by atoms with Gasteiger partial charge in [-0.25, -0.2) is 4.98 Å². The van der Waals surface area contributed by atoms with Crippen molar-refractivity contribution in [3.05, 3.63) is 72.1 Å². The molecule has 0 fully saturated rings. The summed E-state index contributed by atoms with van der Waals surface area (Å²) in [5, 5.41) is 0. The Morgan fingerprint density at radius 2 is 1.54 bits per heavy atom. The number of oxazole rings is 1. The molecule has 6 heteroatoms. The Balaban J connectivity index is 1.56. The molecular weight excluding hydrogens is 462 g/mol. The maximum atomic E-state index is 13.5. The maximum absolute atomic E-state index is 13.5. The second kappa shape index (κ2) is 13.2. The first kappa shape index (κ1) is 26.6. The summed E-state index contributed by atoms with van der Waals surface area (Å²) in [6, 6.07) is 17.8. The van der Waals surface area contributed by atoms with E-state index in [4.69, 9.17) is 4.42 Å². The summed E-state index contributed by atoms with van der Waals surface area (Å²) < 4.78 is 5.67. The maximum Gasteiger partial charge on any atom is 0.229 e. The smallest absolute Gasteiger partial charge is 0.229 e. The number of fused-ring (bicyclic) bond motifs is 1. The topological polar surface area (TPSA) is 66.7 Å². The quantitative estimate of drug-likeness (QED) is 0.393. The third kappa shape index (κ3) is 7.54. The fourth-order valence-electron chi connectivity index (χ4n) is 4.89. The van der Waals surface area contributed by atoms with E-state index in [0.29, 0.717) is 37.0 Å². The molecule has 2 heterocycles. The van der Waals surface area contributed by atoms with Crippen LogP contribution >= 0.6 is 0 Å². The van der Waals surface area contributed by atoms with Crippen LogP contribution in [0, 0.1) is 5.92 Å². The Kier molecular flexibility index (Phi) is 9.52. The van der Waals surface area contributed by atoms with Crippen LogP contribution in [0.4, 0.5) is 5.69 Å². The van der Waals surface area contributed by atoms with Crippen LogP contribution in [-0.4, -0.2) is 34.8 Å². The van der Waals surface area contributed by atoms with Crippen molar-refractivity contribution in [3.63, 3.8) is 0 Å². The third-order valence-corrected chi connectivity index (χ3v) is 6.84. The molecule has 196 valence electrons. The summed E-state index contributed by atoms with van der Waals surface area (Å²) in [7, 11) is 0. The molecule has 0 saturated carbocycles. The summed E-state index contributed by atoms with van der Waals surface area (Å²) in [6.45, 7) is 6.05. The van der Waals surface area contributed by atoms with E-state index in [-0.39, 0.29) is 18.2 Å². The molecule has 1 aliphatic rings. The zero-order valence-electron chi connectivity index (χ0n) is 22.2. The summed E-state index contributed by atoms with van der Waals surface area (Å²) in [5.74, 6) is 1.01. The molecule has 4 rings (SSSR count). The normalized spacial score (nSPS) is 15.4. The molecular formula is C31H39N3O3. The van der Waals surface area contributed by atoms with E-state index in [9.17, 15) is 9.59 Å². The second-order valence-corrected chi connectivity index (χ2v) is 10.4. The van der Waals surface area contributed by atoms with Crippen molar-refractivity contribution in [2.75, 3.05) is 18.0 Å². The molecule has 0 aliphatic carbocycles. The highest BCUT2D eigenvalue weighted by Gasteiger charge is 2.23. The average Bonchev–Trinajstić information content (AvgIpc) is 3.36. The van der Waals surface area contributed by atoms with Crippen molar-refractivity contribution in [3.8, 4) is 11.5 Å². The largest absolute Gasteiger partial charge is 0.444 e. The molecule has 1 aliphatic heterocycles. The Labute approximate surface area is 220 Å². The number of hydrogen-bond donors (Lipinski definition) is 0. The number of hydrogen-bond acceptors (Lipinski definition) is 4. The van der Waals surface area contributed by atoms with Crippen LogP contribution in [0.3, 0.4) is 0 Å². The van der Waals surface area contributed by atoms with Crippen molar-refractivity contribution in [2.24, 2.45) is 5.92 Å².